The fraction of sp³-hybridized carbons (Fsp3) is 0.333. The van der Waals surface area contributed by atoms with Crippen LogP contribution < -0.4 is 5.32 Å². The second-order valence-corrected chi connectivity index (χ2v) is 5.96. The van der Waals surface area contributed by atoms with Crippen LogP contribution >= 0.6 is 15.9 Å². The van der Waals surface area contributed by atoms with E-state index in [-0.39, 0.29) is 6.04 Å². The molecule has 0 spiro atoms. The second kappa shape index (κ2) is 7.61. The summed E-state index contributed by atoms with van der Waals surface area (Å²) in [4.78, 5) is 0. The number of benzene rings is 2. The Bertz CT molecular complexity index is 551. The van der Waals surface area contributed by atoms with Crippen molar-refractivity contribution in [3.05, 3.63) is 69.7 Å². The number of aryl methyl sites for hydroxylation is 1. The van der Waals surface area contributed by atoms with Crippen molar-refractivity contribution in [2.75, 3.05) is 6.54 Å². The van der Waals surface area contributed by atoms with Gasteiger partial charge in [0.05, 0.1) is 6.04 Å². The lowest BCUT2D eigenvalue weighted by atomic mass is 9.96. The molecule has 2 heteroatoms. The standard InChI is InChI=1S/C18H22BrN/c1-3-7-14-8-5-9-15(12-14)18(20-4-2)16-10-6-11-17(19)13-16/h5-6,8-13,18,20H,3-4,7H2,1-2H3. The van der Waals surface area contributed by atoms with E-state index in [9.17, 15) is 0 Å². The molecule has 2 aromatic carbocycles. The topological polar surface area (TPSA) is 12.0 Å². The van der Waals surface area contributed by atoms with E-state index in [1.165, 1.54) is 23.1 Å². The van der Waals surface area contributed by atoms with Crippen LogP contribution in [0, 0.1) is 0 Å². The molecule has 0 aromatic heterocycles. The average Bonchev–Trinajstić information content (AvgIpc) is 2.45. The summed E-state index contributed by atoms with van der Waals surface area (Å²) in [6.07, 6.45) is 2.33. The lowest BCUT2D eigenvalue weighted by molar-refractivity contribution is 0.629. The van der Waals surface area contributed by atoms with Crippen molar-refractivity contribution < 1.29 is 0 Å². The molecular formula is C18H22BrN. The Morgan fingerprint density at radius 1 is 1.00 bits per heavy atom. The molecule has 1 N–H and O–H groups in total. The van der Waals surface area contributed by atoms with Gasteiger partial charge in [0.25, 0.3) is 0 Å². The number of hydrogen-bond donors (Lipinski definition) is 1. The van der Waals surface area contributed by atoms with Gasteiger partial charge >= 0.3 is 0 Å². The van der Waals surface area contributed by atoms with Crippen LogP contribution in [0.5, 0.6) is 0 Å². The highest BCUT2D eigenvalue weighted by molar-refractivity contribution is 9.10. The van der Waals surface area contributed by atoms with Crippen molar-refractivity contribution in [2.24, 2.45) is 0 Å². The van der Waals surface area contributed by atoms with Crippen molar-refractivity contribution in [1.82, 2.24) is 5.32 Å². The van der Waals surface area contributed by atoms with Gasteiger partial charge in [-0.3, -0.25) is 0 Å². The Kier molecular flexibility index (Phi) is 5.81. The van der Waals surface area contributed by atoms with Crippen LogP contribution in [0.1, 0.15) is 43.0 Å². The molecular weight excluding hydrogens is 310 g/mol. The van der Waals surface area contributed by atoms with Crippen molar-refractivity contribution in [2.45, 2.75) is 32.7 Å². The maximum absolute atomic E-state index is 3.59. The Labute approximate surface area is 130 Å². The Morgan fingerprint density at radius 3 is 2.35 bits per heavy atom. The SMILES string of the molecule is CCCc1cccc(C(NCC)c2cccc(Br)c2)c1. The first-order chi connectivity index (χ1) is 9.74. The van der Waals surface area contributed by atoms with Crippen LogP contribution in [0.3, 0.4) is 0 Å². The molecule has 0 bridgehead atoms. The smallest absolute Gasteiger partial charge is 0.0577 e. The van der Waals surface area contributed by atoms with Gasteiger partial charge in [0.15, 0.2) is 0 Å². The van der Waals surface area contributed by atoms with E-state index in [1.54, 1.807) is 0 Å². The van der Waals surface area contributed by atoms with Gasteiger partial charge in [-0.25, -0.2) is 0 Å². The predicted octanol–water partition coefficient (Wildman–Crippen LogP) is 5.10. The van der Waals surface area contributed by atoms with Crippen molar-refractivity contribution >= 4 is 15.9 Å². The van der Waals surface area contributed by atoms with Crippen LogP contribution in [0.4, 0.5) is 0 Å². The molecule has 2 rings (SSSR count). The summed E-state index contributed by atoms with van der Waals surface area (Å²) in [7, 11) is 0. The van der Waals surface area contributed by atoms with Gasteiger partial charge < -0.3 is 5.32 Å². The fourth-order valence-electron chi connectivity index (χ4n) is 2.54. The quantitative estimate of drug-likeness (QED) is 0.776. The van der Waals surface area contributed by atoms with Gasteiger partial charge in [-0.2, -0.15) is 0 Å². The minimum Gasteiger partial charge on any atom is -0.307 e. The van der Waals surface area contributed by atoms with Gasteiger partial charge in [-0.05, 0) is 41.8 Å². The number of halogens is 1. The zero-order valence-electron chi connectivity index (χ0n) is 12.2. The van der Waals surface area contributed by atoms with Crippen LogP contribution in [0.2, 0.25) is 0 Å². The molecule has 0 heterocycles. The number of hydrogen-bond acceptors (Lipinski definition) is 1. The first-order valence-electron chi connectivity index (χ1n) is 7.32. The summed E-state index contributed by atoms with van der Waals surface area (Å²) in [5.41, 5.74) is 4.06. The summed E-state index contributed by atoms with van der Waals surface area (Å²) in [5, 5.41) is 3.59. The molecule has 0 amide bonds. The van der Waals surface area contributed by atoms with Gasteiger partial charge in [-0.15, -0.1) is 0 Å². The van der Waals surface area contributed by atoms with Crippen molar-refractivity contribution in [3.63, 3.8) is 0 Å². The van der Waals surface area contributed by atoms with E-state index < -0.39 is 0 Å². The highest BCUT2D eigenvalue weighted by atomic mass is 79.9. The molecule has 0 radical (unpaired) electrons. The lowest BCUT2D eigenvalue weighted by Gasteiger charge is -2.20. The third kappa shape index (κ3) is 3.94. The van der Waals surface area contributed by atoms with Crippen LogP contribution in [0.25, 0.3) is 0 Å². The molecule has 106 valence electrons. The molecule has 0 aliphatic carbocycles. The maximum atomic E-state index is 3.59. The van der Waals surface area contributed by atoms with E-state index >= 15 is 0 Å². The van der Waals surface area contributed by atoms with E-state index in [0.29, 0.717) is 0 Å². The highest BCUT2D eigenvalue weighted by Crippen LogP contribution is 2.25. The zero-order chi connectivity index (χ0) is 14.4. The molecule has 0 fully saturated rings. The number of nitrogens with one attached hydrogen (secondary N) is 1. The second-order valence-electron chi connectivity index (χ2n) is 5.04. The third-order valence-corrected chi connectivity index (χ3v) is 3.91. The molecule has 20 heavy (non-hydrogen) atoms. The molecule has 1 atom stereocenters. The van der Waals surface area contributed by atoms with E-state index in [2.05, 4.69) is 83.6 Å². The Morgan fingerprint density at radius 2 is 1.70 bits per heavy atom. The molecule has 0 aliphatic rings. The predicted molar refractivity (Wildman–Crippen MR) is 90.1 cm³/mol. The summed E-state index contributed by atoms with van der Waals surface area (Å²) in [5.74, 6) is 0. The van der Waals surface area contributed by atoms with Crippen molar-refractivity contribution in [3.8, 4) is 0 Å². The minimum atomic E-state index is 0.259. The van der Waals surface area contributed by atoms with E-state index in [4.69, 9.17) is 0 Å². The number of rotatable bonds is 6. The van der Waals surface area contributed by atoms with Gasteiger partial charge in [0.1, 0.15) is 0 Å². The first kappa shape index (κ1) is 15.3. The van der Waals surface area contributed by atoms with Crippen LogP contribution in [0.15, 0.2) is 53.0 Å². The summed E-state index contributed by atoms with van der Waals surface area (Å²) < 4.78 is 1.13. The molecule has 2 aromatic rings. The van der Waals surface area contributed by atoms with Crippen molar-refractivity contribution in [1.29, 1.82) is 0 Å². The van der Waals surface area contributed by atoms with Crippen LogP contribution in [-0.4, -0.2) is 6.54 Å². The largest absolute Gasteiger partial charge is 0.307 e. The summed E-state index contributed by atoms with van der Waals surface area (Å²) in [6, 6.07) is 17.7. The third-order valence-electron chi connectivity index (χ3n) is 3.41. The van der Waals surface area contributed by atoms with E-state index in [0.717, 1.165) is 17.4 Å². The minimum absolute atomic E-state index is 0.259. The summed E-state index contributed by atoms with van der Waals surface area (Å²) >= 11 is 3.57. The van der Waals surface area contributed by atoms with Gasteiger partial charge in [0, 0.05) is 4.47 Å². The molecule has 0 saturated carbocycles. The monoisotopic (exact) mass is 331 g/mol. The first-order valence-corrected chi connectivity index (χ1v) is 8.11. The average molecular weight is 332 g/mol. The van der Waals surface area contributed by atoms with Crippen LogP contribution in [-0.2, 0) is 6.42 Å². The summed E-state index contributed by atoms with van der Waals surface area (Å²) in [6.45, 7) is 5.33. The normalized spacial score (nSPS) is 12.3. The molecule has 0 aliphatic heterocycles. The lowest BCUT2D eigenvalue weighted by Crippen LogP contribution is -2.22. The molecule has 1 unspecified atom stereocenters. The molecule has 0 saturated heterocycles. The fourth-order valence-corrected chi connectivity index (χ4v) is 2.95. The zero-order valence-corrected chi connectivity index (χ0v) is 13.8. The van der Waals surface area contributed by atoms with Gasteiger partial charge in [0.2, 0.25) is 0 Å². The Balaban J connectivity index is 2.35. The molecule has 1 nitrogen and oxygen atoms in total. The maximum Gasteiger partial charge on any atom is 0.0577 e. The van der Waals surface area contributed by atoms with E-state index in [1.807, 2.05) is 0 Å². The highest BCUT2D eigenvalue weighted by Gasteiger charge is 2.13. The van der Waals surface area contributed by atoms with Gasteiger partial charge in [-0.1, -0.05) is 72.6 Å². The Hall–Kier alpha value is -1.12.